The van der Waals surface area contributed by atoms with Crippen molar-refractivity contribution in [1.29, 1.82) is 0 Å². The minimum Gasteiger partial charge on any atom is -0.376 e. The van der Waals surface area contributed by atoms with E-state index in [2.05, 4.69) is 15.6 Å². The summed E-state index contributed by atoms with van der Waals surface area (Å²) in [6.45, 7) is 2.39. The number of nitrogens with zero attached hydrogens (tertiary/aromatic N) is 2. The number of imidazole rings is 1. The molecule has 0 spiro atoms. The fourth-order valence-corrected chi connectivity index (χ4v) is 2.32. The molecule has 3 rings (SSSR count). The van der Waals surface area contributed by atoms with Gasteiger partial charge >= 0.3 is 0 Å². The van der Waals surface area contributed by atoms with E-state index in [1.165, 1.54) is 0 Å². The van der Waals surface area contributed by atoms with Gasteiger partial charge in [-0.15, -0.1) is 0 Å². The van der Waals surface area contributed by atoms with E-state index in [0.29, 0.717) is 26.4 Å². The molecular weight excluding hydrogens is 230 g/mol. The summed E-state index contributed by atoms with van der Waals surface area (Å²) in [6, 6.07) is 6.12. The molecule has 0 radical (unpaired) electrons. The Morgan fingerprint density at radius 1 is 1.44 bits per heavy atom. The van der Waals surface area contributed by atoms with Crippen molar-refractivity contribution in [2.24, 2.45) is 12.8 Å². The predicted octanol–water partition coefficient (Wildman–Crippen LogP) is 1.12. The second-order valence-corrected chi connectivity index (χ2v) is 4.49. The van der Waals surface area contributed by atoms with E-state index >= 15 is 0 Å². The van der Waals surface area contributed by atoms with Crippen LogP contribution in [0.3, 0.4) is 0 Å². The summed E-state index contributed by atoms with van der Waals surface area (Å²) in [6.07, 6.45) is -0.0718. The molecule has 0 aliphatic carbocycles. The average Bonchev–Trinajstić information content (AvgIpc) is 2.76. The fraction of sp³-hybridized carbons (Fsp3) is 0.462. The van der Waals surface area contributed by atoms with Crippen molar-refractivity contribution in [3.63, 3.8) is 0 Å². The van der Waals surface area contributed by atoms with Crippen LogP contribution in [0.25, 0.3) is 11.0 Å². The van der Waals surface area contributed by atoms with Gasteiger partial charge in [-0.3, -0.25) is 0 Å². The van der Waals surface area contributed by atoms with Crippen LogP contribution in [0.15, 0.2) is 18.2 Å². The summed E-state index contributed by atoms with van der Waals surface area (Å²) >= 11 is 0. The SMILES string of the molecule is Cn1c(C2COCCO2)nc2cc(CN)ccc21. The van der Waals surface area contributed by atoms with Gasteiger partial charge in [0.1, 0.15) is 11.9 Å². The molecule has 2 aromatic rings. The van der Waals surface area contributed by atoms with Gasteiger partial charge in [-0.05, 0) is 17.7 Å². The van der Waals surface area contributed by atoms with Crippen molar-refractivity contribution in [3.8, 4) is 0 Å². The Morgan fingerprint density at radius 2 is 2.33 bits per heavy atom. The first-order valence-electron chi connectivity index (χ1n) is 6.14. The van der Waals surface area contributed by atoms with E-state index in [4.69, 9.17) is 15.2 Å². The van der Waals surface area contributed by atoms with Crippen LogP contribution in [0.1, 0.15) is 17.5 Å². The second-order valence-electron chi connectivity index (χ2n) is 4.49. The Hall–Kier alpha value is -1.43. The van der Waals surface area contributed by atoms with Crippen molar-refractivity contribution in [2.75, 3.05) is 19.8 Å². The van der Waals surface area contributed by atoms with Crippen LogP contribution in [0.4, 0.5) is 0 Å². The van der Waals surface area contributed by atoms with Crippen molar-refractivity contribution in [3.05, 3.63) is 29.6 Å². The highest BCUT2D eigenvalue weighted by Gasteiger charge is 2.22. The van der Waals surface area contributed by atoms with Crippen molar-refractivity contribution < 1.29 is 9.47 Å². The Morgan fingerprint density at radius 3 is 3.06 bits per heavy atom. The lowest BCUT2D eigenvalue weighted by molar-refractivity contribution is -0.0942. The highest BCUT2D eigenvalue weighted by Crippen LogP contribution is 2.24. The van der Waals surface area contributed by atoms with Gasteiger partial charge in [0.05, 0.1) is 30.9 Å². The number of rotatable bonds is 2. The van der Waals surface area contributed by atoms with E-state index in [9.17, 15) is 0 Å². The summed E-state index contributed by atoms with van der Waals surface area (Å²) in [5, 5.41) is 0. The minimum atomic E-state index is -0.0718. The molecule has 1 aromatic heterocycles. The molecule has 1 aliphatic rings. The maximum absolute atomic E-state index is 5.70. The van der Waals surface area contributed by atoms with Gasteiger partial charge < -0.3 is 19.8 Å². The van der Waals surface area contributed by atoms with Crippen LogP contribution >= 0.6 is 0 Å². The number of benzene rings is 1. The summed E-state index contributed by atoms with van der Waals surface area (Å²) in [5.41, 5.74) is 8.80. The average molecular weight is 247 g/mol. The van der Waals surface area contributed by atoms with Crippen LogP contribution in [-0.2, 0) is 23.1 Å². The number of aryl methyl sites for hydroxylation is 1. The molecule has 5 heteroatoms. The molecule has 18 heavy (non-hydrogen) atoms. The quantitative estimate of drug-likeness (QED) is 0.863. The first kappa shape index (κ1) is 11.6. The van der Waals surface area contributed by atoms with Crippen molar-refractivity contribution >= 4 is 11.0 Å². The lowest BCUT2D eigenvalue weighted by Gasteiger charge is -2.22. The van der Waals surface area contributed by atoms with Gasteiger partial charge in [-0.25, -0.2) is 4.98 Å². The lowest BCUT2D eigenvalue weighted by atomic mass is 10.2. The van der Waals surface area contributed by atoms with Gasteiger partial charge in [0.15, 0.2) is 0 Å². The third-order valence-electron chi connectivity index (χ3n) is 3.32. The molecule has 2 heterocycles. The first-order chi connectivity index (χ1) is 8.79. The minimum absolute atomic E-state index is 0.0718. The van der Waals surface area contributed by atoms with E-state index < -0.39 is 0 Å². The van der Waals surface area contributed by atoms with Gasteiger partial charge in [0.25, 0.3) is 0 Å². The largest absolute Gasteiger partial charge is 0.376 e. The van der Waals surface area contributed by atoms with E-state index in [1.807, 2.05) is 19.2 Å². The molecule has 2 N–H and O–H groups in total. The topological polar surface area (TPSA) is 62.3 Å². The molecule has 1 saturated heterocycles. The maximum atomic E-state index is 5.70. The monoisotopic (exact) mass is 247 g/mol. The molecule has 5 nitrogen and oxygen atoms in total. The van der Waals surface area contributed by atoms with Gasteiger partial charge in [0, 0.05) is 13.6 Å². The Labute approximate surface area is 106 Å². The van der Waals surface area contributed by atoms with Crippen LogP contribution in [0, 0.1) is 0 Å². The van der Waals surface area contributed by atoms with Crippen molar-refractivity contribution in [2.45, 2.75) is 12.6 Å². The molecule has 0 bridgehead atoms. The third kappa shape index (κ3) is 1.90. The molecule has 0 saturated carbocycles. The van der Waals surface area contributed by atoms with E-state index in [0.717, 1.165) is 22.4 Å². The predicted molar refractivity (Wildman–Crippen MR) is 68.1 cm³/mol. The molecule has 1 fully saturated rings. The number of fused-ring (bicyclic) bond motifs is 1. The number of hydrogen-bond acceptors (Lipinski definition) is 4. The molecule has 1 atom stereocenters. The zero-order valence-corrected chi connectivity index (χ0v) is 10.4. The zero-order valence-electron chi connectivity index (χ0n) is 10.4. The Balaban J connectivity index is 2.04. The smallest absolute Gasteiger partial charge is 0.141 e. The van der Waals surface area contributed by atoms with E-state index in [1.54, 1.807) is 0 Å². The van der Waals surface area contributed by atoms with Crippen molar-refractivity contribution in [1.82, 2.24) is 9.55 Å². The molecule has 1 aliphatic heterocycles. The molecule has 1 unspecified atom stereocenters. The number of aromatic nitrogens is 2. The summed E-state index contributed by atoms with van der Waals surface area (Å²) in [4.78, 5) is 4.65. The highest BCUT2D eigenvalue weighted by atomic mass is 16.6. The molecule has 0 amide bonds. The number of ether oxygens (including phenoxy) is 2. The maximum Gasteiger partial charge on any atom is 0.141 e. The van der Waals surface area contributed by atoms with Gasteiger partial charge in [0.2, 0.25) is 0 Å². The summed E-state index contributed by atoms with van der Waals surface area (Å²) in [5.74, 6) is 0.916. The van der Waals surface area contributed by atoms with Gasteiger partial charge in [-0.1, -0.05) is 6.07 Å². The highest BCUT2D eigenvalue weighted by molar-refractivity contribution is 5.76. The number of nitrogens with two attached hydrogens (primary N) is 1. The normalized spacial score (nSPS) is 20.4. The third-order valence-corrected chi connectivity index (χ3v) is 3.32. The van der Waals surface area contributed by atoms with Crippen LogP contribution in [0.2, 0.25) is 0 Å². The van der Waals surface area contributed by atoms with Crippen LogP contribution < -0.4 is 5.73 Å². The van der Waals surface area contributed by atoms with E-state index in [-0.39, 0.29) is 6.10 Å². The second kappa shape index (κ2) is 4.68. The fourth-order valence-electron chi connectivity index (χ4n) is 2.32. The molecule has 96 valence electrons. The van der Waals surface area contributed by atoms with Crippen LogP contribution in [-0.4, -0.2) is 29.4 Å². The zero-order chi connectivity index (χ0) is 12.5. The standard InChI is InChI=1S/C13H17N3O2/c1-16-11-3-2-9(7-14)6-10(11)15-13(16)12-8-17-4-5-18-12/h2-3,6,12H,4-5,7-8,14H2,1H3. The Kier molecular flexibility index (Phi) is 3.03. The number of hydrogen-bond donors (Lipinski definition) is 1. The molecular formula is C13H17N3O2. The Bertz CT molecular complexity index is 559. The molecule has 1 aromatic carbocycles. The summed E-state index contributed by atoms with van der Waals surface area (Å²) in [7, 11) is 2.00. The summed E-state index contributed by atoms with van der Waals surface area (Å²) < 4.78 is 13.2. The lowest BCUT2D eigenvalue weighted by Crippen LogP contribution is -2.24. The van der Waals surface area contributed by atoms with Crippen LogP contribution in [0.5, 0.6) is 0 Å². The van der Waals surface area contributed by atoms with Gasteiger partial charge in [-0.2, -0.15) is 0 Å². The first-order valence-corrected chi connectivity index (χ1v) is 6.14.